The number of carbonyl (C=O) groups excluding carboxylic acids is 1. The zero-order valence-electron chi connectivity index (χ0n) is 14.9. The van der Waals surface area contributed by atoms with Crippen molar-refractivity contribution in [2.45, 2.75) is 12.7 Å². The fourth-order valence-electron chi connectivity index (χ4n) is 2.95. The third-order valence-electron chi connectivity index (χ3n) is 4.40. The fraction of sp³-hybridized carbons (Fsp3) is 0.150. The largest absolute Gasteiger partial charge is 0.337 e. The first-order chi connectivity index (χ1) is 13.2. The van der Waals surface area contributed by atoms with Gasteiger partial charge in [0.15, 0.2) is 0 Å². The van der Waals surface area contributed by atoms with E-state index in [1.165, 1.54) is 5.56 Å². The first-order valence-electron chi connectivity index (χ1n) is 8.58. The summed E-state index contributed by atoms with van der Waals surface area (Å²) in [6, 6.07) is 16.1. The molecule has 0 saturated heterocycles. The van der Waals surface area contributed by atoms with Crippen LogP contribution in [0.5, 0.6) is 0 Å². The standard InChI is InChI=1S/C20H19N4OPS/c1-23(11-14-6-2-3-7-15(14)13-26)19(25)16-10-21-24(12-16)20-22-17-8-4-5-9-18(17)27-20/h2-10,12H,11,13,26H2,1H3. The monoisotopic (exact) mass is 394 g/mol. The number of rotatable bonds is 5. The lowest BCUT2D eigenvalue weighted by Crippen LogP contribution is -2.26. The molecule has 0 spiro atoms. The normalized spacial score (nSPS) is 11.0. The van der Waals surface area contributed by atoms with Gasteiger partial charge in [0.25, 0.3) is 5.91 Å². The van der Waals surface area contributed by atoms with Crippen LogP contribution in [0.25, 0.3) is 15.3 Å². The molecule has 2 aromatic carbocycles. The highest BCUT2D eigenvalue weighted by Crippen LogP contribution is 2.24. The maximum absolute atomic E-state index is 12.8. The van der Waals surface area contributed by atoms with Gasteiger partial charge in [0, 0.05) is 19.8 Å². The number of hydrogen-bond donors (Lipinski definition) is 0. The Morgan fingerprint density at radius 2 is 1.89 bits per heavy atom. The minimum absolute atomic E-state index is 0.0547. The van der Waals surface area contributed by atoms with Gasteiger partial charge in [-0.05, 0) is 29.4 Å². The highest BCUT2D eigenvalue weighted by atomic mass is 32.1. The smallest absolute Gasteiger partial charge is 0.257 e. The molecule has 4 rings (SSSR count). The summed E-state index contributed by atoms with van der Waals surface area (Å²) in [6.45, 7) is 0.565. The van der Waals surface area contributed by atoms with Crippen LogP contribution in [0.4, 0.5) is 0 Å². The summed E-state index contributed by atoms with van der Waals surface area (Å²) in [7, 11) is 4.55. The number of nitrogens with zero attached hydrogens (tertiary/aromatic N) is 4. The Morgan fingerprint density at radius 3 is 2.67 bits per heavy atom. The number of benzene rings is 2. The summed E-state index contributed by atoms with van der Waals surface area (Å²) in [5, 5.41) is 5.10. The minimum atomic E-state index is -0.0547. The van der Waals surface area contributed by atoms with Crippen molar-refractivity contribution in [1.82, 2.24) is 19.7 Å². The summed E-state index contributed by atoms with van der Waals surface area (Å²) < 4.78 is 2.77. The summed E-state index contributed by atoms with van der Waals surface area (Å²) in [5.41, 5.74) is 3.88. The average molecular weight is 394 g/mol. The van der Waals surface area contributed by atoms with E-state index in [1.807, 2.05) is 43.4 Å². The van der Waals surface area contributed by atoms with Crippen LogP contribution in [0.3, 0.4) is 0 Å². The number of para-hydroxylation sites is 1. The van der Waals surface area contributed by atoms with Gasteiger partial charge in [0.2, 0.25) is 5.13 Å². The first-order valence-corrected chi connectivity index (χ1v) is 10.2. The van der Waals surface area contributed by atoms with Gasteiger partial charge in [-0.25, -0.2) is 9.67 Å². The lowest BCUT2D eigenvalue weighted by atomic mass is 10.1. The van der Waals surface area contributed by atoms with Gasteiger partial charge in [0.1, 0.15) is 0 Å². The van der Waals surface area contributed by atoms with Crippen molar-refractivity contribution >= 4 is 36.7 Å². The van der Waals surface area contributed by atoms with Crippen molar-refractivity contribution < 1.29 is 4.79 Å². The molecule has 5 nitrogen and oxygen atoms in total. The van der Waals surface area contributed by atoms with Crippen molar-refractivity contribution in [3.63, 3.8) is 0 Å². The molecule has 0 aliphatic rings. The van der Waals surface area contributed by atoms with E-state index in [4.69, 9.17) is 0 Å². The first kappa shape index (κ1) is 17.8. The van der Waals surface area contributed by atoms with Crippen LogP contribution in [0.15, 0.2) is 60.9 Å². The highest BCUT2D eigenvalue weighted by Gasteiger charge is 2.16. The molecule has 4 aromatic rings. The zero-order valence-corrected chi connectivity index (χ0v) is 16.8. The Kier molecular flexibility index (Phi) is 5.01. The van der Waals surface area contributed by atoms with E-state index in [-0.39, 0.29) is 5.91 Å². The molecule has 0 aliphatic heterocycles. The van der Waals surface area contributed by atoms with E-state index in [9.17, 15) is 4.79 Å². The summed E-state index contributed by atoms with van der Waals surface area (Å²) >= 11 is 1.55. The predicted octanol–water partition coefficient (Wildman–Crippen LogP) is 4.13. The van der Waals surface area contributed by atoms with E-state index >= 15 is 0 Å². The van der Waals surface area contributed by atoms with Gasteiger partial charge in [0.05, 0.1) is 22.0 Å². The van der Waals surface area contributed by atoms with Crippen molar-refractivity contribution in [2.24, 2.45) is 0 Å². The molecule has 0 bridgehead atoms. The van der Waals surface area contributed by atoms with Gasteiger partial charge < -0.3 is 4.90 Å². The Bertz CT molecular complexity index is 1070. The summed E-state index contributed by atoms with van der Waals surface area (Å²) in [5.74, 6) is -0.0547. The number of hydrogen-bond acceptors (Lipinski definition) is 4. The van der Waals surface area contributed by atoms with Gasteiger partial charge in [-0.1, -0.05) is 47.7 Å². The molecule has 1 amide bonds. The van der Waals surface area contributed by atoms with Crippen molar-refractivity contribution in [3.8, 4) is 5.13 Å². The van der Waals surface area contributed by atoms with Gasteiger partial charge in [-0.3, -0.25) is 4.79 Å². The Hall–Kier alpha value is -2.56. The summed E-state index contributed by atoms with van der Waals surface area (Å²) in [4.78, 5) is 19.1. The molecule has 0 fully saturated rings. The van der Waals surface area contributed by atoms with Crippen LogP contribution in [-0.4, -0.2) is 32.6 Å². The van der Waals surface area contributed by atoms with Gasteiger partial charge in [-0.15, -0.1) is 9.24 Å². The molecular formula is C20H19N4OPS. The van der Waals surface area contributed by atoms with Crippen LogP contribution in [0.2, 0.25) is 0 Å². The molecular weight excluding hydrogens is 375 g/mol. The van der Waals surface area contributed by atoms with Crippen LogP contribution in [0.1, 0.15) is 21.5 Å². The number of thiazole rings is 1. The Labute approximate surface area is 163 Å². The van der Waals surface area contributed by atoms with Crippen molar-refractivity contribution in [2.75, 3.05) is 7.05 Å². The molecule has 1 atom stereocenters. The molecule has 27 heavy (non-hydrogen) atoms. The Morgan fingerprint density at radius 1 is 1.15 bits per heavy atom. The van der Waals surface area contributed by atoms with Crippen LogP contribution >= 0.6 is 20.6 Å². The highest BCUT2D eigenvalue weighted by molar-refractivity contribution is 7.20. The fourth-order valence-corrected chi connectivity index (χ4v) is 4.25. The molecule has 136 valence electrons. The zero-order chi connectivity index (χ0) is 18.8. The molecule has 0 N–H and O–H groups in total. The number of carbonyl (C=O) groups is 1. The minimum Gasteiger partial charge on any atom is -0.337 e. The van der Waals surface area contributed by atoms with Gasteiger partial charge >= 0.3 is 0 Å². The second-order valence-electron chi connectivity index (χ2n) is 6.27. The molecule has 0 aliphatic carbocycles. The molecule has 7 heteroatoms. The van der Waals surface area contributed by atoms with E-state index < -0.39 is 0 Å². The van der Waals surface area contributed by atoms with Crippen LogP contribution in [0, 0.1) is 0 Å². The molecule has 1 unspecified atom stereocenters. The average Bonchev–Trinajstić information content (AvgIpc) is 3.34. The third kappa shape index (κ3) is 3.64. The predicted molar refractivity (Wildman–Crippen MR) is 112 cm³/mol. The quantitative estimate of drug-likeness (QED) is 0.478. The lowest BCUT2D eigenvalue weighted by Gasteiger charge is -2.18. The van der Waals surface area contributed by atoms with Crippen LogP contribution in [-0.2, 0) is 12.7 Å². The number of amides is 1. The number of fused-ring (bicyclic) bond motifs is 1. The number of aromatic nitrogens is 3. The maximum atomic E-state index is 12.8. The third-order valence-corrected chi connectivity index (χ3v) is 5.87. The second-order valence-corrected chi connectivity index (χ2v) is 7.69. The lowest BCUT2D eigenvalue weighted by molar-refractivity contribution is 0.0785. The molecule has 0 radical (unpaired) electrons. The molecule has 2 heterocycles. The second kappa shape index (κ2) is 7.59. The maximum Gasteiger partial charge on any atom is 0.257 e. The Balaban J connectivity index is 1.54. The van der Waals surface area contributed by atoms with Crippen molar-refractivity contribution in [1.29, 1.82) is 0 Å². The van der Waals surface area contributed by atoms with Gasteiger partial charge in [-0.2, -0.15) is 5.10 Å². The van der Waals surface area contributed by atoms with E-state index in [0.29, 0.717) is 12.1 Å². The molecule has 2 aromatic heterocycles. The summed E-state index contributed by atoms with van der Waals surface area (Å²) in [6.07, 6.45) is 4.22. The van der Waals surface area contributed by atoms with Crippen LogP contribution < -0.4 is 0 Å². The topological polar surface area (TPSA) is 51.0 Å². The molecule has 0 saturated carbocycles. The van der Waals surface area contributed by atoms with E-state index in [1.54, 1.807) is 33.3 Å². The SMILES string of the molecule is CN(Cc1ccccc1CP)C(=O)c1cnn(-c2nc3ccccc3s2)c1. The van der Waals surface area contributed by atoms with E-state index in [0.717, 1.165) is 27.1 Å². The van der Waals surface area contributed by atoms with Crippen molar-refractivity contribution in [3.05, 3.63) is 77.6 Å². The van der Waals surface area contributed by atoms with E-state index in [2.05, 4.69) is 31.5 Å².